The van der Waals surface area contributed by atoms with Crippen molar-refractivity contribution in [1.29, 1.82) is 0 Å². The maximum Gasteiger partial charge on any atom is 0.408 e. The first kappa shape index (κ1) is 18.1. The Morgan fingerprint density at radius 3 is 2.64 bits per heavy atom. The number of alkyl carbamates (subject to hydrolysis) is 1. The standard InChI is InChI=1S/C14H19NO6S/c1-14(2,3)21-13(19)15-11(12(17)18)8-22-7-10-5-4-9(6-16)20-10/h4-6,11H,7-8H2,1-3H3,(H,15,19)(H,17,18). The zero-order valence-corrected chi connectivity index (χ0v) is 13.4. The molecule has 1 aromatic heterocycles. The van der Waals surface area contributed by atoms with E-state index in [9.17, 15) is 14.4 Å². The van der Waals surface area contributed by atoms with Gasteiger partial charge in [0, 0.05) is 5.75 Å². The number of aldehydes is 1. The lowest BCUT2D eigenvalue weighted by Gasteiger charge is -2.21. The van der Waals surface area contributed by atoms with Crippen molar-refractivity contribution in [3.05, 3.63) is 23.7 Å². The van der Waals surface area contributed by atoms with E-state index in [2.05, 4.69) is 5.32 Å². The number of carboxylic acid groups (broad SMARTS) is 1. The summed E-state index contributed by atoms with van der Waals surface area (Å²) in [6.07, 6.45) is -0.181. The average Bonchev–Trinajstić information content (AvgIpc) is 2.83. The van der Waals surface area contributed by atoms with Gasteiger partial charge >= 0.3 is 12.1 Å². The highest BCUT2D eigenvalue weighted by Crippen LogP contribution is 2.16. The molecule has 0 spiro atoms. The number of hydrogen-bond donors (Lipinski definition) is 2. The molecule has 0 saturated heterocycles. The Balaban J connectivity index is 2.45. The molecule has 2 N–H and O–H groups in total. The van der Waals surface area contributed by atoms with E-state index < -0.39 is 23.7 Å². The third-order valence-corrected chi connectivity index (χ3v) is 3.37. The summed E-state index contributed by atoms with van der Waals surface area (Å²) in [6.45, 7) is 5.08. The second kappa shape index (κ2) is 7.88. The third-order valence-electron chi connectivity index (χ3n) is 2.32. The lowest BCUT2D eigenvalue weighted by molar-refractivity contribution is -0.138. The summed E-state index contributed by atoms with van der Waals surface area (Å²) in [4.78, 5) is 33.2. The molecule has 1 amide bonds. The average molecular weight is 329 g/mol. The van der Waals surface area contributed by atoms with Crippen molar-refractivity contribution >= 4 is 30.1 Å². The number of nitrogens with one attached hydrogen (secondary N) is 1. The molecule has 0 aliphatic heterocycles. The van der Waals surface area contributed by atoms with Gasteiger partial charge < -0.3 is 19.6 Å². The number of carbonyl (C=O) groups is 3. The van der Waals surface area contributed by atoms with Crippen molar-refractivity contribution in [2.45, 2.75) is 38.2 Å². The van der Waals surface area contributed by atoms with E-state index in [-0.39, 0.29) is 11.5 Å². The van der Waals surface area contributed by atoms with Gasteiger partial charge in [-0.1, -0.05) is 0 Å². The van der Waals surface area contributed by atoms with Gasteiger partial charge in [-0.3, -0.25) is 4.79 Å². The highest BCUT2D eigenvalue weighted by molar-refractivity contribution is 7.98. The Labute approximate surface area is 132 Å². The van der Waals surface area contributed by atoms with E-state index in [4.69, 9.17) is 14.3 Å². The number of thioether (sulfide) groups is 1. The smallest absolute Gasteiger partial charge is 0.408 e. The van der Waals surface area contributed by atoms with Gasteiger partial charge in [-0.15, -0.1) is 0 Å². The number of carbonyl (C=O) groups excluding carboxylic acids is 2. The molecule has 1 unspecified atom stereocenters. The molecule has 122 valence electrons. The lowest BCUT2D eigenvalue weighted by Crippen LogP contribution is -2.44. The van der Waals surface area contributed by atoms with E-state index >= 15 is 0 Å². The SMILES string of the molecule is CC(C)(C)OC(=O)NC(CSCc1ccc(C=O)o1)C(=O)O. The summed E-state index contributed by atoms with van der Waals surface area (Å²) >= 11 is 1.27. The van der Waals surface area contributed by atoms with Crippen LogP contribution < -0.4 is 5.32 Å². The highest BCUT2D eigenvalue weighted by Gasteiger charge is 2.23. The van der Waals surface area contributed by atoms with Crippen LogP contribution in [0, 0.1) is 0 Å². The van der Waals surface area contributed by atoms with Crippen LogP contribution in [0.2, 0.25) is 0 Å². The first-order valence-corrected chi connectivity index (χ1v) is 7.70. The van der Waals surface area contributed by atoms with Gasteiger partial charge in [0.2, 0.25) is 0 Å². The zero-order chi connectivity index (χ0) is 16.8. The van der Waals surface area contributed by atoms with E-state index in [0.717, 1.165) is 0 Å². The predicted molar refractivity (Wildman–Crippen MR) is 81.1 cm³/mol. The number of aliphatic carboxylic acids is 1. The predicted octanol–water partition coefficient (Wildman–Crippen LogP) is 2.30. The van der Waals surface area contributed by atoms with Crippen LogP contribution in [0.5, 0.6) is 0 Å². The second-order valence-corrected chi connectivity index (χ2v) is 6.50. The van der Waals surface area contributed by atoms with Crippen LogP contribution in [0.25, 0.3) is 0 Å². The molecule has 0 bridgehead atoms. The fourth-order valence-electron chi connectivity index (χ4n) is 1.44. The second-order valence-electron chi connectivity index (χ2n) is 5.47. The van der Waals surface area contributed by atoms with Crippen molar-refractivity contribution in [2.75, 3.05) is 5.75 Å². The fourth-order valence-corrected chi connectivity index (χ4v) is 2.37. The number of rotatable bonds is 7. The third kappa shape index (κ3) is 6.66. The van der Waals surface area contributed by atoms with Crippen LogP contribution in [-0.2, 0) is 15.3 Å². The number of ether oxygens (including phenoxy) is 1. The number of carboxylic acids is 1. The van der Waals surface area contributed by atoms with Crippen LogP contribution in [0.4, 0.5) is 4.79 Å². The Morgan fingerprint density at radius 1 is 1.45 bits per heavy atom. The van der Waals surface area contributed by atoms with Crippen LogP contribution in [-0.4, -0.2) is 40.9 Å². The van der Waals surface area contributed by atoms with Gasteiger partial charge in [0.25, 0.3) is 0 Å². The van der Waals surface area contributed by atoms with E-state index in [1.165, 1.54) is 17.8 Å². The molecular formula is C14H19NO6S. The maximum absolute atomic E-state index is 11.6. The van der Waals surface area contributed by atoms with Gasteiger partial charge in [0.05, 0.1) is 5.75 Å². The van der Waals surface area contributed by atoms with Gasteiger partial charge in [-0.05, 0) is 32.9 Å². The Hall–Kier alpha value is -1.96. The maximum atomic E-state index is 11.6. The molecule has 8 heteroatoms. The molecule has 0 aliphatic rings. The number of hydrogen-bond acceptors (Lipinski definition) is 6. The largest absolute Gasteiger partial charge is 0.480 e. The van der Waals surface area contributed by atoms with Crippen LogP contribution in [0.1, 0.15) is 37.1 Å². The first-order valence-electron chi connectivity index (χ1n) is 6.55. The normalized spacial score (nSPS) is 12.5. The molecule has 0 fully saturated rings. The fraction of sp³-hybridized carbons (Fsp3) is 0.500. The summed E-state index contributed by atoms with van der Waals surface area (Å²) < 4.78 is 10.2. The van der Waals surface area contributed by atoms with Crippen molar-refractivity contribution in [3.8, 4) is 0 Å². The monoisotopic (exact) mass is 329 g/mol. The molecule has 0 radical (unpaired) electrons. The Bertz CT molecular complexity index is 534. The van der Waals surface area contributed by atoms with Crippen LogP contribution >= 0.6 is 11.8 Å². The minimum absolute atomic E-state index is 0.145. The Morgan fingerprint density at radius 2 is 2.14 bits per heavy atom. The van der Waals surface area contributed by atoms with Crippen molar-refractivity contribution < 1.29 is 28.6 Å². The van der Waals surface area contributed by atoms with E-state index in [0.29, 0.717) is 17.8 Å². The van der Waals surface area contributed by atoms with Crippen molar-refractivity contribution in [3.63, 3.8) is 0 Å². The summed E-state index contributed by atoms with van der Waals surface area (Å²) in [5.41, 5.74) is -0.695. The minimum Gasteiger partial charge on any atom is -0.480 e. The summed E-state index contributed by atoms with van der Waals surface area (Å²) in [5.74, 6) is 0.177. The van der Waals surface area contributed by atoms with Gasteiger partial charge in [-0.25, -0.2) is 9.59 Å². The molecule has 7 nitrogen and oxygen atoms in total. The minimum atomic E-state index is -1.15. The van der Waals surface area contributed by atoms with Crippen LogP contribution in [0.3, 0.4) is 0 Å². The molecule has 0 aromatic carbocycles. The zero-order valence-electron chi connectivity index (χ0n) is 12.6. The molecule has 0 aliphatic carbocycles. The number of furan rings is 1. The molecule has 1 rings (SSSR count). The van der Waals surface area contributed by atoms with Gasteiger partial charge in [0.15, 0.2) is 12.0 Å². The van der Waals surface area contributed by atoms with E-state index in [1.807, 2.05) is 0 Å². The molecule has 22 heavy (non-hydrogen) atoms. The molecule has 0 saturated carbocycles. The van der Waals surface area contributed by atoms with Crippen LogP contribution in [0.15, 0.2) is 16.5 Å². The van der Waals surface area contributed by atoms with Crippen molar-refractivity contribution in [2.24, 2.45) is 0 Å². The molecule has 1 heterocycles. The van der Waals surface area contributed by atoms with Crippen molar-refractivity contribution in [1.82, 2.24) is 5.32 Å². The highest BCUT2D eigenvalue weighted by atomic mass is 32.2. The molecule has 1 atom stereocenters. The first-order chi connectivity index (χ1) is 10.2. The van der Waals surface area contributed by atoms with Gasteiger partial charge in [0.1, 0.15) is 17.4 Å². The lowest BCUT2D eigenvalue weighted by atomic mass is 10.2. The topological polar surface area (TPSA) is 106 Å². The molecular weight excluding hydrogens is 310 g/mol. The summed E-state index contributed by atoms with van der Waals surface area (Å²) in [7, 11) is 0. The number of amides is 1. The molecule has 1 aromatic rings. The van der Waals surface area contributed by atoms with Gasteiger partial charge in [-0.2, -0.15) is 11.8 Å². The summed E-state index contributed by atoms with van der Waals surface area (Å²) in [6, 6.07) is 2.12. The quantitative estimate of drug-likeness (QED) is 0.739. The summed E-state index contributed by atoms with van der Waals surface area (Å²) in [5, 5.41) is 11.4. The van der Waals surface area contributed by atoms with E-state index in [1.54, 1.807) is 26.8 Å². The Kier molecular flexibility index (Phi) is 6.48.